The van der Waals surface area contributed by atoms with E-state index in [0.29, 0.717) is 6.04 Å². The number of benzene rings is 1. The number of hydrogen-bond acceptors (Lipinski definition) is 2. The van der Waals surface area contributed by atoms with Crippen LogP contribution in [0.1, 0.15) is 32.8 Å². The molecule has 2 rings (SSSR count). The summed E-state index contributed by atoms with van der Waals surface area (Å²) in [5.41, 5.74) is 1.56. The van der Waals surface area contributed by atoms with Crippen molar-refractivity contribution in [3.8, 4) is 0 Å². The van der Waals surface area contributed by atoms with Gasteiger partial charge in [0, 0.05) is 23.8 Å². The van der Waals surface area contributed by atoms with Crippen LogP contribution in [-0.4, -0.2) is 18.1 Å². The van der Waals surface area contributed by atoms with Gasteiger partial charge in [-0.15, -0.1) is 0 Å². The third kappa shape index (κ3) is 2.54. The molecule has 0 amide bonds. The Hall–Kier alpha value is -1.41. The van der Waals surface area contributed by atoms with Crippen molar-refractivity contribution in [1.82, 2.24) is 10.3 Å². The van der Waals surface area contributed by atoms with Gasteiger partial charge in [-0.25, -0.2) is 0 Å². The number of nitrogens with one attached hydrogen (secondary N) is 1. The third-order valence-corrected chi connectivity index (χ3v) is 3.72. The molecule has 0 radical (unpaired) electrons. The van der Waals surface area contributed by atoms with E-state index in [1.54, 1.807) is 0 Å². The van der Waals surface area contributed by atoms with Crippen LogP contribution >= 0.6 is 0 Å². The summed E-state index contributed by atoms with van der Waals surface area (Å²) in [7, 11) is 2.02. The van der Waals surface area contributed by atoms with Gasteiger partial charge < -0.3 is 5.32 Å². The number of fused-ring (bicyclic) bond motifs is 1. The highest BCUT2D eigenvalue weighted by Gasteiger charge is 2.24. The standard InChI is InChI=1S/C16H22N2/c1-12(17-4)10-16(2,3)15-7-5-6-13-11-18-9-8-14(13)15/h5-9,11-12,17H,10H2,1-4H3. The first-order valence-corrected chi connectivity index (χ1v) is 6.55. The van der Waals surface area contributed by atoms with Gasteiger partial charge in [-0.05, 0) is 42.8 Å². The molecule has 2 nitrogen and oxygen atoms in total. The molecule has 0 aliphatic carbocycles. The van der Waals surface area contributed by atoms with Gasteiger partial charge in [0.05, 0.1) is 0 Å². The van der Waals surface area contributed by atoms with E-state index in [1.807, 2.05) is 19.4 Å². The van der Waals surface area contributed by atoms with Crippen LogP contribution in [0.5, 0.6) is 0 Å². The summed E-state index contributed by atoms with van der Waals surface area (Å²) in [4.78, 5) is 4.20. The lowest BCUT2D eigenvalue weighted by Gasteiger charge is -2.29. The minimum Gasteiger partial charge on any atom is -0.317 e. The Morgan fingerprint density at radius 3 is 2.78 bits per heavy atom. The fourth-order valence-corrected chi connectivity index (χ4v) is 2.69. The average molecular weight is 242 g/mol. The van der Waals surface area contributed by atoms with Gasteiger partial charge in [-0.3, -0.25) is 4.98 Å². The molecule has 1 N–H and O–H groups in total. The topological polar surface area (TPSA) is 24.9 Å². The first kappa shape index (κ1) is 13.0. The van der Waals surface area contributed by atoms with Crippen LogP contribution in [0.4, 0.5) is 0 Å². The maximum Gasteiger partial charge on any atom is 0.0346 e. The van der Waals surface area contributed by atoms with Gasteiger partial charge in [0.15, 0.2) is 0 Å². The molecule has 1 atom stereocenters. The maximum absolute atomic E-state index is 4.20. The van der Waals surface area contributed by atoms with Crippen LogP contribution in [0.25, 0.3) is 10.8 Å². The lowest BCUT2D eigenvalue weighted by atomic mass is 9.77. The van der Waals surface area contributed by atoms with E-state index >= 15 is 0 Å². The number of aromatic nitrogens is 1. The molecule has 1 aromatic carbocycles. The van der Waals surface area contributed by atoms with Crippen LogP contribution in [0.3, 0.4) is 0 Å². The summed E-state index contributed by atoms with van der Waals surface area (Å²) in [5, 5.41) is 5.87. The molecule has 0 aliphatic heterocycles. The Balaban J connectivity index is 2.46. The quantitative estimate of drug-likeness (QED) is 0.887. The molecule has 0 bridgehead atoms. The molecule has 1 unspecified atom stereocenters. The predicted molar refractivity (Wildman–Crippen MR) is 77.9 cm³/mol. The van der Waals surface area contributed by atoms with E-state index in [9.17, 15) is 0 Å². The van der Waals surface area contributed by atoms with Crippen molar-refractivity contribution in [2.45, 2.75) is 38.6 Å². The van der Waals surface area contributed by atoms with Crippen molar-refractivity contribution in [2.24, 2.45) is 0 Å². The minimum atomic E-state index is 0.156. The molecule has 0 fully saturated rings. The highest BCUT2D eigenvalue weighted by molar-refractivity contribution is 5.85. The summed E-state index contributed by atoms with van der Waals surface area (Å²) in [6.45, 7) is 6.86. The van der Waals surface area contributed by atoms with E-state index in [2.05, 4.69) is 55.3 Å². The summed E-state index contributed by atoms with van der Waals surface area (Å²) in [5.74, 6) is 0. The molecule has 0 saturated heterocycles. The highest BCUT2D eigenvalue weighted by atomic mass is 14.9. The van der Waals surface area contributed by atoms with Crippen molar-refractivity contribution in [3.05, 3.63) is 42.2 Å². The van der Waals surface area contributed by atoms with E-state index < -0.39 is 0 Å². The van der Waals surface area contributed by atoms with Crippen molar-refractivity contribution >= 4 is 10.8 Å². The first-order valence-electron chi connectivity index (χ1n) is 6.55. The lowest BCUT2D eigenvalue weighted by molar-refractivity contribution is 0.408. The van der Waals surface area contributed by atoms with E-state index in [4.69, 9.17) is 0 Å². The molecule has 96 valence electrons. The molecule has 2 aromatic rings. The van der Waals surface area contributed by atoms with Crippen molar-refractivity contribution in [1.29, 1.82) is 0 Å². The van der Waals surface area contributed by atoms with Gasteiger partial charge in [0.2, 0.25) is 0 Å². The van der Waals surface area contributed by atoms with Crippen molar-refractivity contribution in [3.63, 3.8) is 0 Å². The Labute approximate surface area is 109 Å². The second-order valence-electron chi connectivity index (χ2n) is 5.68. The molecular weight excluding hydrogens is 220 g/mol. The number of rotatable bonds is 4. The smallest absolute Gasteiger partial charge is 0.0346 e. The molecule has 0 spiro atoms. The van der Waals surface area contributed by atoms with Crippen LogP contribution in [0.2, 0.25) is 0 Å². The van der Waals surface area contributed by atoms with E-state index in [-0.39, 0.29) is 5.41 Å². The van der Waals surface area contributed by atoms with Crippen LogP contribution in [-0.2, 0) is 5.41 Å². The number of hydrogen-bond donors (Lipinski definition) is 1. The van der Waals surface area contributed by atoms with E-state index in [0.717, 1.165) is 6.42 Å². The van der Waals surface area contributed by atoms with Gasteiger partial charge in [-0.1, -0.05) is 32.0 Å². The zero-order valence-corrected chi connectivity index (χ0v) is 11.7. The fourth-order valence-electron chi connectivity index (χ4n) is 2.69. The van der Waals surface area contributed by atoms with Gasteiger partial charge in [0.25, 0.3) is 0 Å². The lowest BCUT2D eigenvalue weighted by Crippen LogP contribution is -2.31. The third-order valence-electron chi connectivity index (χ3n) is 3.72. The summed E-state index contributed by atoms with van der Waals surface area (Å²) >= 11 is 0. The Morgan fingerprint density at radius 2 is 2.06 bits per heavy atom. The van der Waals surface area contributed by atoms with Gasteiger partial charge in [-0.2, -0.15) is 0 Å². The number of nitrogens with zero attached hydrogens (tertiary/aromatic N) is 1. The fraction of sp³-hybridized carbons (Fsp3) is 0.438. The molecule has 0 saturated carbocycles. The number of pyridine rings is 1. The average Bonchev–Trinajstić information content (AvgIpc) is 2.37. The monoisotopic (exact) mass is 242 g/mol. The molecule has 2 heteroatoms. The van der Waals surface area contributed by atoms with Crippen LogP contribution < -0.4 is 5.32 Å². The van der Waals surface area contributed by atoms with E-state index in [1.165, 1.54) is 16.3 Å². The van der Waals surface area contributed by atoms with Crippen molar-refractivity contribution in [2.75, 3.05) is 7.05 Å². The normalized spacial score (nSPS) is 13.8. The van der Waals surface area contributed by atoms with Gasteiger partial charge in [0.1, 0.15) is 0 Å². The molecule has 1 aromatic heterocycles. The summed E-state index contributed by atoms with van der Waals surface area (Å²) in [6, 6.07) is 9.13. The SMILES string of the molecule is CNC(C)CC(C)(C)c1cccc2cnccc12. The zero-order chi connectivity index (χ0) is 13.2. The second kappa shape index (κ2) is 5.07. The largest absolute Gasteiger partial charge is 0.317 e. The minimum absolute atomic E-state index is 0.156. The Bertz CT molecular complexity index is 526. The maximum atomic E-state index is 4.20. The molecular formula is C16H22N2. The molecule has 0 aliphatic rings. The highest BCUT2D eigenvalue weighted by Crippen LogP contribution is 2.33. The molecule has 1 heterocycles. The Morgan fingerprint density at radius 1 is 1.28 bits per heavy atom. The van der Waals surface area contributed by atoms with Gasteiger partial charge >= 0.3 is 0 Å². The van der Waals surface area contributed by atoms with Crippen LogP contribution in [0.15, 0.2) is 36.7 Å². The second-order valence-corrected chi connectivity index (χ2v) is 5.68. The Kier molecular flexibility index (Phi) is 3.67. The first-order chi connectivity index (χ1) is 8.54. The van der Waals surface area contributed by atoms with Crippen LogP contribution in [0, 0.1) is 0 Å². The molecule has 18 heavy (non-hydrogen) atoms. The van der Waals surface area contributed by atoms with Crippen molar-refractivity contribution < 1.29 is 0 Å². The predicted octanol–water partition coefficient (Wildman–Crippen LogP) is 3.51. The zero-order valence-electron chi connectivity index (χ0n) is 11.7. The summed E-state index contributed by atoms with van der Waals surface area (Å²) < 4.78 is 0. The summed E-state index contributed by atoms with van der Waals surface area (Å²) in [6.07, 6.45) is 4.94.